The third-order valence-corrected chi connectivity index (χ3v) is 4.57. The summed E-state index contributed by atoms with van der Waals surface area (Å²) in [6.45, 7) is 0. The van der Waals surface area contributed by atoms with Crippen molar-refractivity contribution in [3.8, 4) is 11.4 Å². The van der Waals surface area contributed by atoms with Gasteiger partial charge >= 0.3 is 0 Å². The number of benzene rings is 1. The molecule has 0 saturated carbocycles. The van der Waals surface area contributed by atoms with Gasteiger partial charge in [-0.15, -0.1) is 5.11 Å². The summed E-state index contributed by atoms with van der Waals surface area (Å²) < 4.78 is 1.89. The third-order valence-electron chi connectivity index (χ3n) is 4.57. The fraction of sp³-hybridized carbons (Fsp3) is 0.100. The summed E-state index contributed by atoms with van der Waals surface area (Å²) in [6, 6.07) is 10.2. The van der Waals surface area contributed by atoms with Crippen LogP contribution in [0.5, 0.6) is 0 Å². The highest BCUT2D eigenvalue weighted by molar-refractivity contribution is 6.58. The smallest absolute Gasteiger partial charge is 0.256 e. The number of carbonyl (C=O) groups is 1. The van der Waals surface area contributed by atoms with Crippen molar-refractivity contribution in [1.82, 2.24) is 19.5 Å². The van der Waals surface area contributed by atoms with E-state index in [0.29, 0.717) is 16.9 Å². The number of aromatic nitrogens is 4. The van der Waals surface area contributed by atoms with Gasteiger partial charge in [0.1, 0.15) is 5.82 Å². The number of nitrogens with zero attached hydrogens (tertiary/aromatic N) is 4. The average Bonchev–Trinajstić information content (AvgIpc) is 3.13. The SMILES string of the molecule is [B]C([B])([B])c1ccc(C(=O)Nc2cc3cc(-c4cncn4C)ncc3cn2)cc1. The van der Waals surface area contributed by atoms with E-state index in [1.165, 1.54) is 0 Å². The zero-order chi connectivity index (χ0) is 20.6. The second kappa shape index (κ2) is 7.24. The molecule has 3 aromatic heterocycles. The molecule has 4 aromatic rings. The van der Waals surface area contributed by atoms with Crippen LogP contribution >= 0.6 is 0 Å². The van der Waals surface area contributed by atoms with Crippen molar-refractivity contribution in [2.24, 2.45) is 7.05 Å². The zero-order valence-electron chi connectivity index (χ0n) is 15.7. The molecule has 6 nitrogen and oxygen atoms in total. The van der Waals surface area contributed by atoms with Gasteiger partial charge < -0.3 is 9.88 Å². The van der Waals surface area contributed by atoms with Crippen LogP contribution in [0.3, 0.4) is 0 Å². The number of fused-ring (bicyclic) bond motifs is 1. The third kappa shape index (κ3) is 3.94. The van der Waals surface area contributed by atoms with E-state index in [2.05, 4.69) is 20.3 Å². The van der Waals surface area contributed by atoms with Crippen LogP contribution in [0.15, 0.2) is 61.3 Å². The summed E-state index contributed by atoms with van der Waals surface area (Å²) in [5, 5.41) is 3.11. The number of nitrogens with one attached hydrogen (secondary N) is 1. The number of pyridine rings is 2. The molecule has 0 aliphatic heterocycles. The molecule has 0 atom stereocenters. The number of hydrogen-bond donors (Lipinski definition) is 1. The van der Waals surface area contributed by atoms with Crippen molar-refractivity contribution in [2.75, 3.05) is 5.32 Å². The molecule has 0 spiro atoms. The first-order chi connectivity index (χ1) is 13.8. The van der Waals surface area contributed by atoms with Crippen molar-refractivity contribution in [1.29, 1.82) is 0 Å². The number of carbonyl (C=O) groups excluding carboxylic acids is 1. The van der Waals surface area contributed by atoms with E-state index in [0.717, 1.165) is 22.2 Å². The van der Waals surface area contributed by atoms with E-state index in [9.17, 15) is 4.79 Å². The molecule has 0 aliphatic rings. The Morgan fingerprint density at radius 1 is 1.00 bits per heavy atom. The maximum atomic E-state index is 12.5. The van der Waals surface area contributed by atoms with Gasteiger partial charge in [0.2, 0.25) is 0 Å². The van der Waals surface area contributed by atoms with Crippen LogP contribution < -0.4 is 5.32 Å². The first-order valence-corrected chi connectivity index (χ1v) is 8.82. The topological polar surface area (TPSA) is 72.7 Å². The lowest BCUT2D eigenvalue weighted by atomic mass is 9.40. The lowest BCUT2D eigenvalue weighted by Gasteiger charge is -2.20. The fourth-order valence-electron chi connectivity index (χ4n) is 2.95. The lowest BCUT2D eigenvalue weighted by Crippen LogP contribution is -2.27. The Labute approximate surface area is 172 Å². The monoisotopic (exact) mass is 373 g/mol. The summed E-state index contributed by atoms with van der Waals surface area (Å²) in [5.41, 5.74) is 2.63. The molecule has 0 saturated heterocycles. The highest BCUT2D eigenvalue weighted by Crippen LogP contribution is 2.23. The lowest BCUT2D eigenvalue weighted by molar-refractivity contribution is 0.102. The van der Waals surface area contributed by atoms with Crippen LogP contribution in [0.4, 0.5) is 5.82 Å². The van der Waals surface area contributed by atoms with E-state index < -0.39 is 5.11 Å². The molecule has 3 heterocycles. The Kier molecular flexibility index (Phi) is 4.74. The van der Waals surface area contributed by atoms with Crippen molar-refractivity contribution >= 4 is 46.0 Å². The largest absolute Gasteiger partial charge is 0.332 e. The molecule has 0 fully saturated rings. The highest BCUT2D eigenvalue weighted by atomic mass is 16.1. The van der Waals surface area contributed by atoms with Crippen molar-refractivity contribution in [3.63, 3.8) is 0 Å². The predicted molar refractivity (Wildman–Crippen MR) is 115 cm³/mol. The Hall–Kier alpha value is -3.35. The van der Waals surface area contributed by atoms with Crippen LogP contribution in [0.1, 0.15) is 15.9 Å². The van der Waals surface area contributed by atoms with Gasteiger partial charge in [-0.3, -0.25) is 9.78 Å². The maximum Gasteiger partial charge on any atom is 0.256 e. The number of anilines is 1. The molecule has 29 heavy (non-hydrogen) atoms. The predicted octanol–water partition coefficient (Wildman–Crippen LogP) is 1.90. The van der Waals surface area contributed by atoms with E-state index in [1.54, 1.807) is 55.2 Å². The maximum absolute atomic E-state index is 12.5. The number of imidazole rings is 1. The molecule has 1 amide bonds. The van der Waals surface area contributed by atoms with Crippen LogP contribution in [-0.4, -0.2) is 49.0 Å². The minimum atomic E-state index is -1.45. The molecule has 4 rings (SSSR count). The molecular weight excluding hydrogens is 359 g/mol. The first kappa shape index (κ1) is 19.0. The first-order valence-electron chi connectivity index (χ1n) is 8.82. The molecule has 0 aliphatic carbocycles. The van der Waals surface area contributed by atoms with Gasteiger partial charge in [0.05, 0.1) is 47.5 Å². The van der Waals surface area contributed by atoms with Crippen LogP contribution in [-0.2, 0) is 12.2 Å². The summed E-state index contributed by atoms with van der Waals surface area (Å²) in [6.07, 6.45) is 6.88. The second-order valence-corrected chi connectivity index (χ2v) is 6.84. The Balaban J connectivity index is 1.59. The van der Waals surface area contributed by atoms with Crippen LogP contribution in [0.2, 0.25) is 0 Å². The van der Waals surface area contributed by atoms with Crippen molar-refractivity contribution in [3.05, 3.63) is 72.4 Å². The Morgan fingerprint density at radius 2 is 1.72 bits per heavy atom. The molecule has 1 N–H and O–H groups in total. The number of rotatable bonds is 4. The molecule has 0 unspecified atom stereocenters. The van der Waals surface area contributed by atoms with Gasteiger partial charge in [-0.25, -0.2) is 9.97 Å². The molecular formula is C20H14B3N5O. The van der Waals surface area contributed by atoms with Gasteiger partial charge in [-0.2, -0.15) is 0 Å². The van der Waals surface area contributed by atoms with Gasteiger partial charge in [0.25, 0.3) is 5.91 Å². The van der Waals surface area contributed by atoms with E-state index >= 15 is 0 Å². The summed E-state index contributed by atoms with van der Waals surface area (Å²) in [4.78, 5) is 25.4. The quantitative estimate of drug-likeness (QED) is 0.555. The highest BCUT2D eigenvalue weighted by Gasteiger charge is 2.14. The van der Waals surface area contributed by atoms with E-state index in [-0.39, 0.29) is 5.91 Å². The van der Waals surface area contributed by atoms with Gasteiger partial charge in [0.15, 0.2) is 0 Å². The molecule has 0 bridgehead atoms. The molecule has 6 radical (unpaired) electrons. The minimum absolute atomic E-state index is 0.305. The number of aryl methyl sites for hydroxylation is 1. The van der Waals surface area contributed by atoms with Crippen molar-refractivity contribution in [2.45, 2.75) is 5.11 Å². The molecule has 9 heteroatoms. The summed E-state index contributed by atoms with van der Waals surface area (Å²) >= 11 is 0. The average molecular weight is 373 g/mol. The summed E-state index contributed by atoms with van der Waals surface area (Å²) in [7, 11) is 18.9. The normalized spacial score (nSPS) is 11.5. The minimum Gasteiger partial charge on any atom is -0.332 e. The zero-order valence-corrected chi connectivity index (χ0v) is 15.7. The fourth-order valence-corrected chi connectivity index (χ4v) is 2.95. The van der Waals surface area contributed by atoms with E-state index in [1.807, 2.05) is 17.7 Å². The van der Waals surface area contributed by atoms with Crippen LogP contribution in [0, 0.1) is 0 Å². The van der Waals surface area contributed by atoms with Gasteiger partial charge in [-0.05, 0) is 29.7 Å². The number of amides is 1. The van der Waals surface area contributed by atoms with E-state index in [4.69, 9.17) is 23.5 Å². The Bertz CT molecular complexity index is 1200. The number of hydrogen-bond acceptors (Lipinski definition) is 4. The second-order valence-electron chi connectivity index (χ2n) is 6.84. The summed E-state index contributed by atoms with van der Waals surface area (Å²) in [5.74, 6) is 0.125. The van der Waals surface area contributed by atoms with Crippen molar-refractivity contribution < 1.29 is 4.79 Å². The Morgan fingerprint density at radius 3 is 2.38 bits per heavy atom. The molecule has 1 aromatic carbocycles. The van der Waals surface area contributed by atoms with Gasteiger partial charge in [-0.1, -0.05) is 17.7 Å². The van der Waals surface area contributed by atoms with Gasteiger partial charge in [0, 0.05) is 30.4 Å². The standard InChI is InChI=1S/C20H14B3N5O/c1-28-11-24-10-17(28)16-6-13-7-18(26-9-14(13)8-25-16)27-19(29)12-2-4-15(5-3-12)20(21,22)23/h2-11H,1H3,(H,26,27,29). The van der Waals surface area contributed by atoms with Crippen LogP contribution in [0.25, 0.3) is 22.2 Å². The molecule has 134 valence electrons.